The van der Waals surface area contributed by atoms with E-state index in [4.69, 9.17) is 4.42 Å². The highest BCUT2D eigenvalue weighted by molar-refractivity contribution is 7.25. The molecule has 2 aliphatic carbocycles. The van der Waals surface area contributed by atoms with E-state index >= 15 is 0 Å². The van der Waals surface area contributed by atoms with E-state index in [1.807, 2.05) is 11.3 Å². The third kappa shape index (κ3) is 4.11. The fraction of sp³-hybridized carbons (Fsp3) is 0.0182. The van der Waals surface area contributed by atoms with E-state index < -0.39 is 5.41 Å². The van der Waals surface area contributed by atoms with Crippen molar-refractivity contribution in [2.45, 2.75) is 5.41 Å². The number of anilines is 3. The van der Waals surface area contributed by atoms with Crippen molar-refractivity contribution in [3.05, 3.63) is 222 Å². The van der Waals surface area contributed by atoms with Crippen LogP contribution in [0.1, 0.15) is 22.3 Å². The van der Waals surface area contributed by atoms with Gasteiger partial charge in [-0.25, -0.2) is 0 Å². The first-order chi connectivity index (χ1) is 28.8. The third-order valence-corrected chi connectivity index (χ3v) is 13.8. The number of fused-ring (bicyclic) bond motifs is 16. The van der Waals surface area contributed by atoms with Crippen molar-refractivity contribution in [2.75, 3.05) is 4.90 Å². The second-order valence-corrected chi connectivity index (χ2v) is 16.6. The summed E-state index contributed by atoms with van der Waals surface area (Å²) in [7, 11) is 0. The molecular formula is C55H33NOS. The van der Waals surface area contributed by atoms with Gasteiger partial charge in [-0.3, -0.25) is 0 Å². The predicted molar refractivity (Wildman–Crippen MR) is 243 cm³/mol. The van der Waals surface area contributed by atoms with E-state index in [2.05, 4.69) is 205 Å². The number of furan rings is 1. The highest BCUT2D eigenvalue weighted by atomic mass is 32.1. The second-order valence-electron chi connectivity index (χ2n) is 15.5. The van der Waals surface area contributed by atoms with Crippen LogP contribution >= 0.6 is 11.3 Å². The summed E-state index contributed by atoms with van der Waals surface area (Å²) in [6.45, 7) is 0. The Morgan fingerprint density at radius 1 is 0.362 bits per heavy atom. The van der Waals surface area contributed by atoms with Gasteiger partial charge >= 0.3 is 0 Å². The van der Waals surface area contributed by atoms with Crippen LogP contribution in [0.15, 0.2) is 205 Å². The lowest BCUT2D eigenvalue weighted by Gasteiger charge is -2.32. The fourth-order valence-electron chi connectivity index (χ4n) is 10.5. The number of rotatable bonds is 4. The van der Waals surface area contributed by atoms with Crippen molar-refractivity contribution < 1.29 is 4.42 Å². The van der Waals surface area contributed by atoms with Gasteiger partial charge in [-0.15, -0.1) is 11.3 Å². The molecule has 270 valence electrons. The van der Waals surface area contributed by atoms with Crippen LogP contribution in [-0.2, 0) is 5.41 Å². The van der Waals surface area contributed by atoms with Gasteiger partial charge in [0, 0.05) is 42.1 Å². The molecule has 58 heavy (non-hydrogen) atoms. The maximum atomic E-state index is 6.90. The molecule has 0 fully saturated rings. The number of benzene rings is 9. The molecule has 0 atom stereocenters. The molecule has 2 nitrogen and oxygen atoms in total. The van der Waals surface area contributed by atoms with Gasteiger partial charge in [0.2, 0.25) is 0 Å². The van der Waals surface area contributed by atoms with E-state index in [1.165, 1.54) is 75.8 Å². The second kappa shape index (κ2) is 11.9. The molecule has 2 aliphatic rings. The quantitative estimate of drug-likeness (QED) is 0.178. The van der Waals surface area contributed by atoms with Crippen LogP contribution in [0, 0.1) is 0 Å². The first-order valence-electron chi connectivity index (χ1n) is 19.9. The molecule has 1 spiro atoms. The summed E-state index contributed by atoms with van der Waals surface area (Å²) in [6.07, 6.45) is 0. The standard InChI is InChI=1S/C55H33NOS/c1-7-24-42-34(16-1)35-17-2-8-25-43(35)55(42)44-26-9-3-20-40(44)53-45(55)27-15-29-47(53)56(48-30-13-23-39-37-19-5-11-31-49(37)57-54(39)48)46-28-10-4-18-36(46)38-22-14-33-51-52(38)41-21-6-12-32-50(41)58-51/h1-33H. The molecule has 0 unspecified atom stereocenters. The molecule has 0 saturated heterocycles. The Labute approximate surface area is 339 Å². The average Bonchev–Trinajstić information content (AvgIpc) is 4.03. The molecule has 0 N–H and O–H groups in total. The molecule has 0 amide bonds. The van der Waals surface area contributed by atoms with Gasteiger partial charge < -0.3 is 9.32 Å². The predicted octanol–water partition coefficient (Wildman–Crippen LogP) is 15.4. The van der Waals surface area contributed by atoms with Crippen molar-refractivity contribution in [1.29, 1.82) is 0 Å². The van der Waals surface area contributed by atoms with Crippen molar-refractivity contribution >= 4 is 70.5 Å². The zero-order valence-corrected chi connectivity index (χ0v) is 32.1. The van der Waals surface area contributed by atoms with E-state index in [9.17, 15) is 0 Å². The summed E-state index contributed by atoms with van der Waals surface area (Å²) >= 11 is 1.86. The van der Waals surface area contributed by atoms with Gasteiger partial charge in [0.15, 0.2) is 5.58 Å². The smallest absolute Gasteiger partial charge is 0.159 e. The highest BCUT2D eigenvalue weighted by Gasteiger charge is 2.52. The van der Waals surface area contributed by atoms with Gasteiger partial charge in [0.05, 0.1) is 22.5 Å². The monoisotopic (exact) mass is 755 g/mol. The SMILES string of the molecule is c1ccc(N(c2cccc3c2-c2ccccc2C32c3ccccc3-c3ccccc32)c2cccc3c2oc2ccccc23)c(-c2cccc3sc4ccccc4c23)c1. The van der Waals surface area contributed by atoms with Crippen LogP contribution < -0.4 is 4.90 Å². The molecular weight excluding hydrogens is 723 g/mol. The van der Waals surface area contributed by atoms with Crippen LogP contribution in [0.3, 0.4) is 0 Å². The van der Waals surface area contributed by atoms with Gasteiger partial charge in [0.1, 0.15) is 5.58 Å². The molecule has 9 aromatic carbocycles. The zero-order valence-electron chi connectivity index (χ0n) is 31.3. The Morgan fingerprint density at radius 3 is 1.69 bits per heavy atom. The van der Waals surface area contributed by atoms with Crippen LogP contribution in [0.5, 0.6) is 0 Å². The Morgan fingerprint density at radius 2 is 0.879 bits per heavy atom. The topological polar surface area (TPSA) is 16.4 Å². The summed E-state index contributed by atoms with van der Waals surface area (Å²) in [5, 5.41) is 4.79. The number of hydrogen-bond donors (Lipinski definition) is 0. The molecule has 2 heterocycles. The fourth-order valence-corrected chi connectivity index (χ4v) is 11.6. The molecule has 0 aliphatic heterocycles. The maximum Gasteiger partial charge on any atom is 0.159 e. The van der Waals surface area contributed by atoms with Crippen LogP contribution in [0.2, 0.25) is 0 Å². The lowest BCUT2D eigenvalue weighted by Crippen LogP contribution is -2.26. The normalized spacial score (nSPS) is 13.3. The minimum absolute atomic E-state index is 0.465. The van der Waals surface area contributed by atoms with E-state index in [0.29, 0.717) is 0 Å². The lowest BCUT2D eigenvalue weighted by atomic mass is 9.70. The Bertz CT molecular complexity index is 3450. The van der Waals surface area contributed by atoms with Crippen molar-refractivity contribution in [1.82, 2.24) is 0 Å². The van der Waals surface area contributed by atoms with Crippen molar-refractivity contribution in [2.24, 2.45) is 0 Å². The first kappa shape index (κ1) is 31.9. The lowest BCUT2D eigenvalue weighted by molar-refractivity contribution is 0.669. The van der Waals surface area contributed by atoms with Gasteiger partial charge in [-0.2, -0.15) is 0 Å². The van der Waals surface area contributed by atoms with Gasteiger partial charge in [-0.1, -0.05) is 164 Å². The van der Waals surface area contributed by atoms with E-state index in [-0.39, 0.29) is 0 Å². The number of nitrogens with zero attached hydrogens (tertiary/aromatic N) is 1. The first-order valence-corrected chi connectivity index (χ1v) is 20.7. The Kier molecular flexibility index (Phi) is 6.56. The van der Waals surface area contributed by atoms with Crippen molar-refractivity contribution in [3.8, 4) is 33.4 Å². The summed E-state index contributed by atoms with van der Waals surface area (Å²) in [6, 6.07) is 73.7. The Balaban J connectivity index is 1.16. The Hall–Kier alpha value is -7.20. The van der Waals surface area contributed by atoms with E-state index in [1.54, 1.807) is 0 Å². The minimum atomic E-state index is -0.465. The average molecular weight is 756 g/mol. The maximum absolute atomic E-state index is 6.90. The zero-order chi connectivity index (χ0) is 38.0. The summed E-state index contributed by atoms with van der Waals surface area (Å²) in [4.78, 5) is 2.49. The van der Waals surface area contributed by atoms with Crippen LogP contribution in [-0.4, -0.2) is 0 Å². The summed E-state index contributed by atoms with van der Waals surface area (Å²) < 4.78 is 9.49. The van der Waals surface area contributed by atoms with Gasteiger partial charge in [-0.05, 0) is 80.9 Å². The van der Waals surface area contributed by atoms with Crippen LogP contribution in [0.25, 0.3) is 75.5 Å². The molecule has 0 bridgehead atoms. The molecule has 3 heteroatoms. The molecule has 11 aromatic rings. The molecule has 2 aromatic heterocycles. The number of thiophene rings is 1. The molecule has 0 saturated carbocycles. The van der Waals surface area contributed by atoms with E-state index in [0.717, 1.165) is 39.0 Å². The summed E-state index contributed by atoms with van der Waals surface area (Å²) in [5.74, 6) is 0. The summed E-state index contributed by atoms with van der Waals surface area (Å²) in [5.41, 5.74) is 17.3. The third-order valence-electron chi connectivity index (χ3n) is 12.7. The molecule has 0 radical (unpaired) electrons. The minimum Gasteiger partial charge on any atom is -0.454 e. The highest BCUT2D eigenvalue weighted by Crippen LogP contribution is 2.65. The largest absolute Gasteiger partial charge is 0.454 e. The number of para-hydroxylation sites is 3. The van der Waals surface area contributed by atoms with Crippen molar-refractivity contribution in [3.63, 3.8) is 0 Å². The number of hydrogen-bond acceptors (Lipinski definition) is 3. The van der Waals surface area contributed by atoms with Gasteiger partial charge in [0.25, 0.3) is 0 Å². The van der Waals surface area contributed by atoms with Crippen LogP contribution in [0.4, 0.5) is 17.1 Å². The molecule has 13 rings (SSSR count).